The largest absolute Gasteiger partial charge is 0.307 e. The van der Waals surface area contributed by atoms with Crippen LogP contribution in [0, 0.1) is 12.7 Å². The molecular formula is C14H16ClFN2S. The van der Waals surface area contributed by atoms with E-state index in [1.807, 2.05) is 13.1 Å². The number of hydrogen-bond donors (Lipinski definition) is 1. The van der Waals surface area contributed by atoms with Gasteiger partial charge in [0.15, 0.2) is 0 Å². The molecule has 0 aliphatic carbocycles. The highest BCUT2D eigenvalue weighted by Crippen LogP contribution is 2.29. The second-order valence-electron chi connectivity index (χ2n) is 4.30. The minimum Gasteiger partial charge on any atom is -0.307 e. The molecule has 102 valence electrons. The van der Waals surface area contributed by atoms with E-state index in [0.29, 0.717) is 0 Å². The second kappa shape index (κ2) is 5.99. The Kier molecular flexibility index (Phi) is 4.55. The Morgan fingerprint density at radius 1 is 1.47 bits per heavy atom. The summed E-state index contributed by atoms with van der Waals surface area (Å²) in [7, 11) is 1.85. The van der Waals surface area contributed by atoms with Gasteiger partial charge in [0, 0.05) is 4.88 Å². The monoisotopic (exact) mass is 298 g/mol. The van der Waals surface area contributed by atoms with Gasteiger partial charge in [-0.15, -0.1) is 11.3 Å². The molecule has 1 N–H and O–H groups in total. The summed E-state index contributed by atoms with van der Waals surface area (Å²) < 4.78 is 13.6. The van der Waals surface area contributed by atoms with E-state index in [0.717, 1.165) is 22.7 Å². The zero-order valence-corrected chi connectivity index (χ0v) is 12.7. The van der Waals surface area contributed by atoms with Gasteiger partial charge in [0.2, 0.25) is 0 Å². The van der Waals surface area contributed by atoms with Crippen LogP contribution in [0.4, 0.5) is 4.39 Å². The molecule has 19 heavy (non-hydrogen) atoms. The van der Waals surface area contributed by atoms with Gasteiger partial charge in [0.25, 0.3) is 0 Å². The number of aromatic nitrogens is 1. The molecule has 0 fully saturated rings. The average molecular weight is 299 g/mol. The van der Waals surface area contributed by atoms with Crippen molar-refractivity contribution in [3.8, 4) is 0 Å². The lowest BCUT2D eigenvalue weighted by atomic mass is 10.1. The van der Waals surface area contributed by atoms with Crippen molar-refractivity contribution in [3.05, 3.63) is 50.2 Å². The van der Waals surface area contributed by atoms with Crippen LogP contribution in [-0.2, 0) is 6.42 Å². The standard InChI is InChI=1S/C14H16ClFN2S/c1-4-12-8(2)19-14(18-12)13(17-3)9-5-6-10(15)11(16)7-9/h5-7,13,17H,4H2,1-3H3. The van der Waals surface area contributed by atoms with Gasteiger partial charge < -0.3 is 5.32 Å². The first-order valence-corrected chi connectivity index (χ1v) is 7.34. The van der Waals surface area contributed by atoms with Crippen molar-refractivity contribution in [1.29, 1.82) is 0 Å². The quantitative estimate of drug-likeness (QED) is 0.918. The molecule has 1 heterocycles. The molecule has 1 atom stereocenters. The third-order valence-corrected chi connectivity index (χ3v) is 4.44. The molecule has 1 aromatic heterocycles. The van der Waals surface area contributed by atoms with Crippen LogP contribution in [0.5, 0.6) is 0 Å². The SMILES string of the molecule is CCc1nc(C(NC)c2ccc(Cl)c(F)c2)sc1C. The summed E-state index contributed by atoms with van der Waals surface area (Å²) in [4.78, 5) is 5.84. The van der Waals surface area contributed by atoms with E-state index in [2.05, 4.69) is 24.1 Å². The van der Waals surface area contributed by atoms with Crippen molar-refractivity contribution >= 4 is 22.9 Å². The zero-order chi connectivity index (χ0) is 14.0. The molecule has 0 spiro atoms. The topological polar surface area (TPSA) is 24.9 Å². The first-order chi connectivity index (χ1) is 9.06. The smallest absolute Gasteiger partial charge is 0.142 e. The van der Waals surface area contributed by atoms with Gasteiger partial charge in [-0.3, -0.25) is 0 Å². The van der Waals surface area contributed by atoms with E-state index in [1.165, 1.54) is 10.9 Å². The van der Waals surface area contributed by atoms with E-state index in [9.17, 15) is 4.39 Å². The van der Waals surface area contributed by atoms with Crippen LogP contribution >= 0.6 is 22.9 Å². The molecule has 1 unspecified atom stereocenters. The first-order valence-electron chi connectivity index (χ1n) is 6.15. The van der Waals surface area contributed by atoms with Gasteiger partial charge in [-0.1, -0.05) is 24.6 Å². The fourth-order valence-electron chi connectivity index (χ4n) is 2.03. The maximum absolute atomic E-state index is 13.6. The Bertz CT molecular complexity index is 583. The summed E-state index contributed by atoms with van der Waals surface area (Å²) in [5.74, 6) is -0.400. The van der Waals surface area contributed by atoms with Crippen LogP contribution in [0.1, 0.15) is 34.1 Å². The number of nitrogens with one attached hydrogen (secondary N) is 1. The van der Waals surface area contributed by atoms with E-state index in [-0.39, 0.29) is 11.1 Å². The highest BCUT2D eigenvalue weighted by Gasteiger charge is 2.18. The van der Waals surface area contributed by atoms with Gasteiger partial charge in [0.1, 0.15) is 10.8 Å². The summed E-state index contributed by atoms with van der Waals surface area (Å²) in [6.45, 7) is 4.15. The number of thiazole rings is 1. The maximum Gasteiger partial charge on any atom is 0.142 e. The van der Waals surface area contributed by atoms with E-state index in [4.69, 9.17) is 11.6 Å². The van der Waals surface area contributed by atoms with Crippen LogP contribution in [-0.4, -0.2) is 12.0 Å². The van der Waals surface area contributed by atoms with Crippen molar-refractivity contribution in [2.24, 2.45) is 0 Å². The van der Waals surface area contributed by atoms with Crippen molar-refractivity contribution < 1.29 is 4.39 Å². The Morgan fingerprint density at radius 3 is 2.74 bits per heavy atom. The van der Waals surface area contributed by atoms with Crippen LogP contribution < -0.4 is 5.32 Å². The number of benzene rings is 1. The lowest BCUT2D eigenvalue weighted by molar-refractivity contribution is 0.616. The molecule has 0 saturated carbocycles. The van der Waals surface area contributed by atoms with Gasteiger partial charge in [0.05, 0.1) is 16.8 Å². The fourth-order valence-corrected chi connectivity index (χ4v) is 3.29. The Morgan fingerprint density at radius 2 is 2.21 bits per heavy atom. The first kappa shape index (κ1) is 14.4. The molecule has 2 aromatic rings. The van der Waals surface area contributed by atoms with E-state index >= 15 is 0 Å². The van der Waals surface area contributed by atoms with Crippen molar-refractivity contribution in [2.75, 3.05) is 7.05 Å². The lowest BCUT2D eigenvalue weighted by Gasteiger charge is -2.14. The zero-order valence-electron chi connectivity index (χ0n) is 11.1. The highest BCUT2D eigenvalue weighted by molar-refractivity contribution is 7.11. The Labute approximate surface area is 121 Å². The molecule has 0 aliphatic heterocycles. The van der Waals surface area contributed by atoms with Crippen molar-refractivity contribution in [3.63, 3.8) is 0 Å². The normalized spacial score (nSPS) is 12.7. The molecule has 0 aliphatic rings. The van der Waals surface area contributed by atoms with Crippen LogP contribution in [0.15, 0.2) is 18.2 Å². The fraction of sp³-hybridized carbons (Fsp3) is 0.357. The van der Waals surface area contributed by atoms with E-state index < -0.39 is 5.82 Å². The van der Waals surface area contributed by atoms with Gasteiger partial charge in [-0.2, -0.15) is 0 Å². The summed E-state index contributed by atoms with van der Waals surface area (Å²) in [5.41, 5.74) is 1.94. The van der Waals surface area contributed by atoms with Crippen LogP contribution in [0.2, 0.25) is 5.02 Å². The number of nitrogens with zero attached hydrogens (tertiary/aromatic N) is 1. The summed E-state index contributed by atoms with van der Waals surface area (Å²) in [6, 6.07) is 4.77. The predicted octanol–water partition coefficient (Wildman–Crippen LogP) is 4.12. The lowest BCUT2D eigenvalue weighted by Crippen LogP contribution is -2.17. The third kappa shape index (κ3) is 2.96. The van der Waals surface area contributed by atoms with Crippen molar-refractivity contribution in [2.45, 2.75) is 26.3 Å². The highest BCUT2D eigenvalue weighted by atomic mass is 35.5. The van der Waals surface area contributed by atoms with Crippen LogP contribution in [0.25, 0.3) is 0 Å². The number of rotatable bonds is 4. The summed E-state index contributed by atoms with van der Waals surface area (Å²) >= 11 is 7.37. The number of hydrogen-bond acceptors (Lipinski definition) is 3. The van der Waals surface area contributed by atoms with E-state index in [1.54, 1.807) is 17.4 Å². The minimum absolute atomic E-state index is 0.101. The predicted molar refractivity (Wildman–Crippen MR) is 78.5 cm³/mol. The maximum atomic E-state index is 13.6. The molecule has 0 radical (unpaired) electrons. The van der Waals surface area contributed by atoms with Gasteiger partial charge in [-0.25, -0.2) is 9.37 Å². The minimum atomic E-state index is -0.400. The Balaban J connectivity index is 2.40. The molecule has 2 rings (SSSR count). The third-order valence-electron chi connectivity index (χ3n) is 3.06. The number of halogens is 2. The molecule has 0 amide bonds. The summed E-state index contributed by atoms with van der Waals surface area (Å²) in [5, 5.41) is 4.28. The molecular weight excluding hydrogens is 283 g/mol. The summed E-state index contributed by atoms with van der Waals surface area (Å²) in [6.07, 6.45) is 0.910. The second-order valence-corrected chi connectivity index (χ2v) is 5.95. The Hall–Kier alpha value is -0.970. The number of aryl methyl sites for hydroxylation is 2. The average Bonchev–Trinajstić information content (AvgIpc) is 2.75. The molecule has 5 heteroatoms. The van der Waals surface area contributed by atoms with Gasteiger partial charge in [-0.05, 0) is 38.1 Å². The van der Waals surface area contributed by atoms with Gasteiger partial charge >= 0.3 is 0 Å². The molecule has 0 bridgehead atoms. The molecule has 2 nitrogen and oxygen atoms in total. The molecule has 0 saturated heterocycles. The molecule has 1 aromatic carbocycles. The van der Waals surface area contributed by atoms with Crippen LogP contribution in [0.3, 0.4) is 0 Å². The van der Waals surface area contributed by atoms with Crippen molar-refractivity contribution in [1.82, 2.24) is 10.3 Å².